The fraction of sp³-hybridized carbons (Fsp3) is 0.188. The Morgan fingerprint density at radius 2 is 1.86 bits per heavy atom. The van der Waals surface area contributed by atoms with Gasteiger partial charge in [-0.1, -0.05) is 12.1 Å². The Hall–Kier alpha value is -2.76. The Morgan fingerprint density at radius 1 is 1.09 bits per heavy atom. The second kappa shape index (κ2) is 5.93. The minimum absolute atomic E-state index is 0.238. The van der Waals surface area contributed by atoms with E-state index in [0.717, 1.165) is 17.0 Å². The van der Waals surface area contributed by atoms with Crippen molar-refractivity contribution in [3.05, 3.63) is 65.5 Å². The molecule has 6 heteroatoms. The summed E-state index contributed by atoms with van der Waals surface area (Å²) in [4.78, 5) is 8.45. The standard InChI is InChI=1S/C16H16FN5/c1-11-7-12(2)22(21-11)16-8-15(19-10-20-16)18-9-13-3-5-14(17)6-4-13/h3-8,10H,9H2,1-2H3,(H,18,19,20). The van der Waals surface area contributed by atoms with Crippen LogP contribution in [0.1, 0.15) is 17.0 Å². The van der Waals surface area contributed by atoms with Crippen molar-refractivity contribution in [1.82, 2.24) is 19.7 Å². The normalized spacial score (nSPS) is 10.7. The van der Waals surface area contributed by atoms with E-state index in [4.69, 9.17) is 0 Å². The lowest BCUT2D eigenvalue weighted by Gasteiger charge is -2.08. The van der Waals surface area contributed by atoms with Crippen molar-refractivity contribution in [3.8, 4) is 5.82 Å². The molecule has 22 heavy (non-hydrogen) atoms. The van der Waals surface area contributed by atoms with E-state index >= 15 is 0 Å². The Balaban J connectivity index is 1.76. The van der Waals surface area contributed by atoms with E-state index in [2.05, 4.69) is 20.4 Å². The number of rotatable bonds is 4. The van der Waals surface area contributed by atoms with Crippen LogP contribution in [0.25, 0.3) is 5.82 Å². The highest BCUT2D eigenvalue weighted by Crippen LogP contribution is 2.13. The van der Waals surface area contributed by atoms with Crippen molar-refractivity contribution < 1.29 is 4.39 Å². The van der Waals surface area contributed by atoms with Gasteiger partial charge >= 0.3 is 0 Å². The number of aryl methyl sites for hydroxylation is 2. The van der Waals surface area contributed by atoms with Gasteiger partial charge in [0.2, 0.25) is 0 Å². The summed E-state index contributed by atoms with van der Waals surface area (Å²) >= 11 is 0. The van der Waals surface area contributed by atoms with Crippen LogP contribution in [0.3, 0.4) is 0 Å². The lowest BCUT2D eigenvalue weighted by molar-refractivity contribution is 0.627. The van der Waals surface area contributed by atoms with Crippen LogP contribution in [0.2, 0.25) is 0 Å². The van der Waals surface area contributed by atoms with E-state index in [0.29, 0.717) is 18.2 Å². The molecule has 0 saturated heterocycles. The molecule has 0 radical (unpaired) electrons. The van der Waals surface area contributed by atoms with Crippen LogP contribution in [0.5, 0.6) is 0 Å². The molecule has 0 amide bonds. The largest absolute Gasteiger partial charge is 0.366 e. The van der Waals surface area contributed by atoms with Gasteiger partial charge in [-0.25, -0.2) is 19.0 Å². The maximum atomic E-state index is 12.9. The predicted molar refractivity (Wildman–Crippen MR) is 82.4 cm³/mol. The maximum absolute atomic E-state index is 12.9. The minimum atomic E-state index is -0.238. The monoisotopic (exact) mass is 297 g/mol. The van der Waals surface area contributed by atoms with Crippen LogP contribution >= 0.6 is 0 Å². The number of aromatic nitrogens is 4. The van der Waals surface area contributed by atoms with Gasteiger partial charge in [-0.05, 0) is 37.6 Å². The number of hydrogen-bond donors (Lipinski definition) is 1. The molecule has 0 bridgehead atoms. The van der Waals surface area contributed by atoms with Gasteiger partial charge in [0, 0.05) is 18.3 Å². The van der Waals surface area contributed by atoms with Crippen LogP contribution in [0, 0.1) is 19.7 Å². The van der Waals surface area contributed by atoms with Crippen molar-refractivity contribution >= 4 is 5.82 Å². The van der Waals surface area contributed by atoms with Crippen LogP contribution in [0.15, 0.2) is 42.7 Å². The number of benzene rings is 1. The van der Waals surface area contributed by atoms with E-state index in [1.807, 2.05) is 26.0 Å². The number of hydrogen-bond acceptors (Lipinski definition) is 4. The summed E-state index contributed by atoms with van der Waals surface area (Å²) in [5.74, 6) is 1.17. The Bertz CT molecular complexity index is 779. The molecule has 0 aliphatic rings. The van der Waals surface area contributed by atoms with Gasteiger partial charge in [0.1, 0.15) is 18.0 Å². The molecule has 0 saturated carbocycles. The van der Waals surface area contributed by atoms with E-state index in [1.54, 1.807) is 16.8 Å². The highest BCUT2D eigenvalue weighted by atomic mass is 19.1. The smallest absolute Gasteiger partial charge is 0.159 e. The number of nitrogens with one attached hydrogen (secondary N) is 1. The average Bonchev–Trinajstić information content (AvgIpc) is 2.86. The van der Waals surface area contributed by atoms with Gasteiger partial charge in [0.05, 0.1) is 5.69 Å². The summed E-state index contributed by atoms with van der Waals surface area (Å²) in [6.07, 6.45) is 1.50. The van der Waals surface area contributed by atoms with E-state index < -0.39 is 0 Å². The third-order valence-corrected chi connectivity index (χ3v) is 3.27. The molecule has 0 atom stereocenters. The topological polar surface area (TPSA) is 55.6 Å². The van der Waals surface area contributed by atoms with Gasteiger partial charge in [0.15, 0.2) is 5.82 Å². The zero-order chi connectivity index (χ0) is 15.5. The molecule has 0 unspecified atom stereocenters. The van der Waals surface area contributed by atoms with Crippen molar-refractivity contribution in [2.75, 3.05) is 5.32 Å². The molecule has 0 aliphatic carbocycles. The van der Waals surface area contributed by atoms with Crippen LogP contribution in [-0.2, 0) is 6.54 Å². The maximum Gasteiger partial charge on any atom is 0.159 e. The molecule has 5 nitrogen and oxygen atoms in total. The second-order valence-corrected chi connectivity index (χ2v) is 5.08. The van der Waals surface area contributed by atoms with Gasteiger partial charge in [-0.3, -0.25) is 0 Å². The summed E-state index contributed by atoms with van der Waals surface area (Å²) in [5, 5.41) is 7.61. The summed E-state index contributed by atoms with van der Waals surface area (Å²) in [6.45, 7) is 4.49. The number of anilines is 1. The second-order valence-electron chi connectivity index (χ2n) is 5.08. The first kappa shape index (κ1) is 14.2. The Labute approximate surface area is 127 Å². The van der Waals surface area contributed by atoms with Crippen LogP contribution in [0.4, 0.5) is 10.2 Å². The van der Waals surface area contributed by atoms with Gasteiger partial charge in [-0.2, -0.15) is 5.10 Å². The lowest BCUT2D eigenvalue weighted by Crippen LogP contribution is -2.06. The quantitative estimate of drug-likeness (QED) is 0.804. The number of halogens is 1. The minimum Gasteiger partial charge on any atom is -0.366 e. The van der Waals surface area contributed by atoms with Crippen molar-refractivity contribution in [2.24, 2.45) is 0 Å². The molecule has 0 fully saturated rings. The molecule has 3 rings (SSSR count). The van der Waals surface area contributed by atoms with Gasteiger partial charge < -0.3 is 5.32 Å². The van der Waals surface area contributed by atoms with E-state index in [1.165, 1.54) is 18.5 Å². The zero-order valence-corrected chi connectivity index (χ0v) is 12.4. The van der Waals surface area contributed by atoms with E-state index in [-0.39, 0.29) is 5.82 Å². The fourth-order valence-corrected chi connectivity index (χ4v) is 2.22. The third kappa shape index (κ3) is 3.11. The molecule has 1 aromatic carbocycles. The summed E-state index contributed by atoms with van der Waals surface area (Å²) < 4.78 is 14.7. The van der Waals surface area contributed by atoms with Crippen LogP contribution < -0.4 is 5.32 Å². The first-order chi connectivity index (χ1) is 10.6. The molecule has 112 valence electrons. The molecule has 2 aromatic heterocycles. The Kier molecular flexibility index (Phi) is 3.82. The third-order valence-electron chi connectivity index (χ3n) is 3.27. The SMILES string of the molecule is Cc1cc(C)n(-c2cc(NCc3ccc(F)cc3)ncn2)n1. The lowest BCUT2D eigenvalue weighted by atomic mass is 10.2. The fourth-order valence-electron chi connectivity index (χ4n) is 2.22. The molecular formula is C16H16FN5. The average molecular weight is 297 g/mol. The Morgan fingerprint density at radius 3 is 2.55 bits per heavy atom. The zero-order valence-electron chi connectivity index (χ0n) is 12.4. The molecule has 1 N–H and O–H groups in total. The van der Waals surface area contributed by atoms with Gasteiger partial charge in [0.25, 0.3) is 0 Å². The molecule has 2 heterocycles. The first-order valence-corrected chi connectivity index (χ1v) is 6.96. The summed E-state index contributed by atoms with van der Waals surface area (Å²) in [7, 11) is 0. The molecule has 3 aromatic rings. The molecule has 0 aliphatic heterocycles. The predicted octanol–water partition coefficient (Wildman–Crippen LogP) is 3.03. The van der Waals surface area contributed by atoms with Crippen molar-refractivity contribution in [3.63, 3.8) is 0 Å². The highest BCUT2D eigenvalue weighted by Gasteiger charge is 2.06. The molecule has 0 spiro atoms. The van der Waals surface area contributed by atoms with Crippen molar-refractivity contribution in [1.29, 1.82) is 0 Å². The van der Waals surface area contributed by atoms with Crippen LogP contribution in [-0.4, -0.2) is 19.7 Å². The number of nitrogens with zero attached hydrogens (tertiary/aromatic N) is 4. The van der Waals surface area contributed by atoms with Crippen molar-refractivity contribution in [2.45, 2.75) is 20.4 Å². The highest BCUT2D eigenvalue weighted by molar-refractivity contribution is 5.41. The first-order valence-electron chi connectivity index (χ1n) is 6.96. The summed E-state index contributed by atoms with van der Waals surface area (Å²) in [6, 6.07) is 10.2. The van der Waals surface area contributed by atoms with E-state index in [9.17, 15) is 4.39 Å². The molecular weight excluding hydrogens is 281 g/mol. The van der Waals surface area contributed by atoms with Gasteiger partial charge in [-0.15, -0.1) is 0 Å². The summed E-state index contributed by atoms with van der Waals surface area (Å²) in [5.41, 5.74) is 2.94.